The first-order valence-corrected chi connectivity index (χ1v) is 10.6. The quantitative estimate of drug-likeness (QED) is 0.815. The molecule has 1 aliphatic carbocycles. The summed E-state index contributed by atoms with van der Waals surface area (Å²) < 4.78 is 5.50. The topological polar surface area (TPSA) is 36.0 Å². The average molecular weight is 372 g/mol. The van der Waals surface area contributed by atoms with Crippen molar-refractivity contribution in [3.05, 3.63) is 24.3 Å². The number of hydrogen-bond acceptors (Lipinski definition) is 4. The summed E-state index contributed by atoms with van der Waals surface area (Å²) in [6.07, 6.45) is 6.68. The molecule has 27 heavy (non-hydrogen) atoms. The third-order valence-electron chi connectivity index (χ3n) is 6.80. The minimum atomic E-state index is 0.338. The summed E-state index contributed by atoms with van der Waals surface area (Å²) in [6.45, 7) is 6.31. The number of ether oxygens (including phenoxy) is 1. The Hall–Kier alpha value is -1.75. The molecular weight excluding hydrogens is 338 g/mol. The second-order valence-electron chi connectivity index (χ2n) is 8.37. The van der Waals surface area contributed by atoms with Gasteiger partial charge >= 0.3 is 0 Å². The smallest absolute Gasteiger partial charge is 0.236 e. The van der Waals surface area contributed by atoms with Gasteiger partial charge in [0.2, 0.25) is 5.91 Å². The molecule has 2 heterocycles. The normalized spacial score (nSPS) is 26.6. The molecule has 0 radical (unpaired) electrons. The van der Waals surface area contributed by atoms with Crippen molar-refractivity contribution in [1.82, 2.24) is 9.80 Å². The zero-order valence-corrected chi connectivity index (χ0v) is 16.6. The van der Waals surface area contributed by atoms with Crippen LogP contribution in [-0.4, -0.2) is 68.6 Å². The molecule has 0 spiro atoms. The second-order valence-corrected chi connectivity index (χ2v) is 8.37. The number of piperidine rings is 1. The van der Waals surface area contributed by atoms with E-state index in [1.54, 1.807) is 7.11 Å². The van der Waals surface area contributed by atoms with E-state index in [4.69, 9.17) is 4.74 Å². The van der Waals surface area contributed by atoms with E-state index in [1.807, 2.05) is 12.1 Å². The van der Waals surface area contributed by atoms with Crippen molar-refractivity contribution in [3.63, 3.8) is 0 Å². The maximum absolute atomic E-state index is 12.8. The number of methoxy groups -OCH3 is 1. The van der Waals surface area contributed by atoms with Crippen LogP contribution < -0.4 is 9.64 Å². The van der Waals surface area contributed by atoms with E-state index < -0.39 is 0 Å². The van der Waals surface area contributed by atoms with Gasteiger partial charge in [-0.1, -0.05) is 31.4 Å². The number of carbonyl (C=O) groups is 1. The first-order valence-electron chi connectivity index (χ1n) is 10.6. The third-order valence-corrected chi connectivity index (χ3v) is 6.80. The molecule has 1 aromatic rings. The van der Waals surface area contributed by atoms with Gasteiger partial charge in [-0.15, -0.1) is 0 Å². The van der Waals surface area contributed by atoms with Gasteiger partial charge in [-0.2, -0.15) is 0 Å². The number of likely N-dealkylation sites (tertiary alicyclic amines) is 1. The molecule has 1 aromatic carbocycles. The van der Waals surface area contributed by atoms with E-state index in [0.29, 0.717) is 12.5 Å². The summed E-state index contributed by atoms with van der Waals surface area (Å²) in [7, 11) is 1.73. The van der Waals surface area contributed by atoms with E-state index in [0.717, 1.165) is 62.5 Å². The molecule has 5 nitrogen and oxygen atoms in total. The molecule has 5 heteroatoms. The minimum absolute atomic E-state index is 0.338. The van der Waals surface area contributed by atoms with Crippen molar-refractivity contribution < 1.29 is 9.53 Å². The molecule has 0 aromatic heterocycles. The summed E-state index contributed by atoms with van der Waals surface area (Å²) in [6, 6.07) is 8.20. The van der Waals surface area contributed by atoms with E-state index in [9.17, 15) is 4.79 Å². The van der Waals surface area contributed by atoms with Gasteiger partial charge in [-0.25, -0.2) is 0 Å². The Morgan fingerprint density at radius 3 is 2.52 bits per heavy atom. The summed E-state index contributed by atoms with van der Waals surface area (Å²) in [5, 5.41) is 0. The van der Waals surface area contributed by atoms with E-state index in [2.05, 4.69) is 26.8 Å². The molecule has 1 saturated carbocycles. The maximum Gasteiger partial charge on any atom is 0.236 e. The van der Waals surface area contributed by atoms with Gasteiger partial charge < -0.3 is 14.5 Å². The number of nitrogens with zero attached hydrogens (tertiary/aromatic N) is 3. The van der Waals surface area contributed by atoms with Gasteiger partial charge in [0.25, 0.3) is 0 Å². The molecule has 4 rings (SSSR count). The summed E-state index contributed by atoms with van der Waals surface area (Å²) >= 11 is 0. The van der Waals surface area contributed by atoms with Crippen LogP contribution >= 0.6 is 0 Å². The lowest BCUT2D eigenvalue weighted by molar-refractivity contribution is -0.135. The van der Waals surface area contributed by atoms with Crippen LogP contribution in [0.5, 0.6) is 5.75 Å². The van der Waals surface area contributed by atoms with Gasteiger partial charge in [-0.3, -0.25) is 9.69 Å². The van der Waals surface area contributed by atoms with E-state index >= 15 is 0 Å². The van der Waals surface area contributed by atoms with Crippen molar-refractivity contribution in [2.75, 3.05) is 57.8 Å². The third kappa shape index (κ3) is 4.23. The number of piperazine rings is 1. The zero-order chi connectivity index (χ0) is 18.6. The maximum atomic E-state index is 12.8. The Bertz CT molecular complexity index is 642. The molecule has 0 unspecified atom stereocenters. The van der Waals surface area contributed by atoms with Crippen LogP contribution in [0.3, 0.4) is 0 Å². The van der Waals surface area contributed by atoms with Crippen LogP contribution in [0, 0.1) is 11.8 Å². The van der Waals surface area contributed by atoms with E-state index in [-0.39, 0.29) is 0 Å². The molecule has 0 bridgehead atoms. The van der Waals surface area contributed by atoms with Crippen molar-refractivity contribution >= 4 is 11.6 Å². The van der Waals surface area contributed by atoms with Crippen LogP contribution in [0.1, 0.15) is 32.1 Å². The summed E-state index contributed by atoms with van der Waals surface area (Å²) in [5.74, 6) is 2.91. The molecule has 2 saturated heterocycles. The van der Waals surface area contributed by atoms with Gasteiger partial charge in [0, 0.05) is 39.3 Å². The Kier molecular flexibility index (Phi) is 5.86. The van der Waals surface area contributed by atoms with Crippen molar-refractivity contribution in [3.8, 4) is 5.75 Å². The Morgan fingerprint density at radius 2 is 1.74 bits per heavy atom. The lowest BCUT2D eigenvalue weighted by Crippen LogP contribution is -2.52. The highest BCUT2D eigenvalue weighted by atomic mass is 16.5. The SMILES string of the molecule is COc1ccccc1N1CCN(CC(=O)N2CC[C@@H]3CCCC[C@H]3C2)CC1. The molecule has 3 aliphatic rings. The largest absolute Gasteiger partial charge is 0.495 e. The number of amides is 1. The van der Waals surface area contributed by atoms with Crippen LogP contribution in [0.2, 0.25) is 0 Å². The minimum Gasteiger partial charge on any atom is -0.495 e. The lowest BCUT2D eigenvalue weighted by atomic mass is 9.75. The molecule has 3 fully saturated rings. The fraction of sp³-hybridized carbons (Fsp3) is 0.682. The standard InChI is InChI=1S/C22H33N3O2/c1-27-21-9-5-4-8-20(21)24-14-12-23(13-15-24)17-22(26)25-11-10-18-6-2-3-7-19(18)16-25/h4-5,8-9,18-19H,2-3,6-7,10-17H2,1H3/t18-,19-/m0/s1. The monoisotopic (exact) mass is 371 g/mol. The fourth-order valence-corrected chi connectivity index (χ4v) is 5.16. The Balaban J connectivity index is 1.27. The molecular formula is C22H33N3O2. The number of hydrogen-bond donors (Lipinski definition) is 0. The number of rotatable bonds is 4. The summed E-state index contributed by atoms with van der Waals surface area (Å²) in [4.78, 5) is 19.7. The average Bonchev–Trinajstić information content (AvgIpc) is 2.74. The van der Waals surface area contributed by atoms with Crippen molar-refractivity contribution in [2.24, 2.45) is 11.8 Å². The van der Waals surface area contributed by atoms with Crippen LogP contribution in [0.4, 0.5) is 5.69 Å². The van der Waals surface area contributed by atoms with Gasteiger partial charge in [0.1, 0.15) is 5.75 Å². The fourth-order valence-electron chi connectivity index (χ4n) is 5.16. The molecule has 2 atom stereocenters. The predicted octanol–water partition coefficient (Wildman–Crippen LogP) is 2.86. The van der Waals surface area contributed by atoms with Crippen LogP contribution in [0.25, 0.3) is 0 Å². The molecule has 0 N–H and O–H groups in total. The van der Waals surface area contributed by atoms with Gasteiger partial charge in [0.05, 0.1) is 19.3 Å². The van der Waals surface area contributed by atoms with E-state index in [1.165, 1.54) is 32.1 Å². The number of benzene rings is 1. The number of anilines is 1. The first kappa shape index (κ1) is 18.6. The molecule has 2 aliphatic heterocycles. The van der Waals surface area contributed by atoms with Crippen LogP contribution in [0.15, 0.2) is 24.3 Å². The Morgan fingerprint density at radius 1 is 1.00 bits per heavy atom. The Labute approximate surface area is 163 Å². The van der Waals surface area contributed by atoms with Crippen molar-refractivity contribution in [2.45, 2.75) is 32.1 Å². The highest BCUT2D eigenvalue weighted by Gasteiger charge is 2.33. The van der Waals surface area contributed by atoms with Gasteiger partial charge in [0.15, 0.2) is 0 Å². The molecule has 1 amide bonds. The molecule has 148 valence electrons. The predicted molar refractivity (Wildman–Crippen MR) is 108 cm³/mol. The zero-order valence-electron chi connectivity index (χ0n) is 16.6. The number of fused-ring (bicyclic) bond motifs is 1. The first-order chi connectivity index (χ1) is 13.2. The van der Waals surface area contributed by atoms with Crippen LogP contribution in [-0.2, 0) is 4.79 Å². The lowest BCUT2D eigenvalue weighted by Gasteiger charge is -2.42. The highest BCUT2D eigenvalue weighted by Crippen LogP contribution is 2.36. The number of para-hydroxylation sites is 2. The summed E-state index contributed by atoms with van der Waals surface area (Å²) in [5.41, 5.74) is 1.16. The number of carbonyl (C=O) groups excluding carboxylic acids is 1. The highest BCUT2D eigenvalue weighted by molar-refractivity contribution is 5.78. The second kappa shape index (κ2) is 8.51. The van der Waals surface area contributed by atoms with Gasteiger partial charge in [-0.05, 0) is 36.8 Å². The van der Waals surface area contributed by atoms with Crippen molar-refractivity contribution in [1.29, 1.82) is 0 Å².